The summed E-state index contributed by atoms with van der Waals surface area (Å²) in [6, 6.07) is 15.4. The molecule has 0 radical (unpaired) electrons. The van der Waals surface area contributed by atoms with Crippen molar-refractivity contribution in [2.24, 2.45) is 0 Å². The van der Waals surface area contributed by atoms with Crippen LogP contribution < -0.4 is 3.61 Å². The Bertz CT molecular complexity index is 644. The number of carbonyl (C=O) groups excluding carboxylic acids is 2. The molecule has 0 spiro atoms. The van der Waals surface area contributed by atoms with E-state index in [1.807, 2.05) is 0 Å². The van der Waals surface area contributed by atoms with E-state index in [4.69, 9.17) is 0 Å². The second-order valence-electron chi connectivity index (χ2n) is 4.67. The van der Waals surface area contributed by atoms with Crippen LogP contribution in [0, 0.1) is 6.92 Å². The number of benzene rings is 2. The molecular formula is C16H13NO2Te. The van der Waals surface area contributed by atoms with Crippen LogP contribution in [-0.2, 0) is 0 Å². The summed E-state index contributed by atoms with van der Waals surface area (Å²) in [5, 5.41) is 0. The summed E-state index contributed by atoms with van der Waals surface area (Å²) in [5.41, 5.74) is 2.30. The number of hydrogen-bond acceptors (Lipinski definition) is 2. The molecule has 1 aliphatic rings. The van der Waals surface area contributed by atoms with Gasteiger partial charge in [-0.1, -0.05) is 0 Å². The van der Waals surface area contributed by atoms with Gasteiger partial charge in [0, 0.05) is 0 Å². The first kappa shape index (κ1) is 13.4. The normalized spacial score (nSPS) is 13.8. The molecule has 100 valence electrons. The predicted molar refractivity (Wildman–Crippen MR) is 78.4 cm³/mol. The Morgan fingerprint density at radius 2 is 1.45 bits per heavy atom. The Morgan fingerprint density at radius 1 is 0.900 bits per heavy atom. The van der Waals surface area contributed by atoms with Crippen molar-refractivity contribution in [2.45, 2.75) is 6.92 Å². The summed E-state index contributed by atoms with van der Waals surface area (Å²) >= 11 is -0.566. The van der Waals surface area contributed by atoms with Crippen molar-refractivity contribution in [3.63, 3.8) is 0 Å². The Labute approximate surface area is 127 Å². The number of fused-ring (bicyclic) bond motifs is 1. The Kier molecular flexibility index (Phi) is 3.60. The molecule has 4 heteroatoms. The molecule has 0 saturated heterocycles. The molecule has 0 N–H and O–H groups in total. The van der Waals surface area contributed by atoms with Crippen LogP contribution in [0.3, 0.4) is 0 Å². The van der Waals surface area contributed by atoms with Crippen molar-refractivity contribution in [3.05, 3.63) is 65.2 Å². The summed E-state index contributed by atoms with van der Waals surface area (Å²) in [6.07, 6.45) is 0. The molecule has 2 aromatic carbocycles. The van der Waals surface area contributed by atoms with Crippen molar-refractivity contribution in [1.29, 1.82) is 0 Å². The topological polar surface area (TPSA) is 37.4 Å². The summed E-state index contributed by atoms with van der Waals surface area (Å²) in [5.74, 6) is -0.300. The van der Waals surface area contributed by atoms with Gasteiger partial charge >= 0.3 is 128 Å². The average molecular weight is 379 g/mol. The van der Waals surface area contributed by atoms with Crippen LogP contribution in [0.5, 0.6) is 0 Å². The van der Waals surface area contributed by atoms with E-state index in [0.717, 1.165) is 0 Å². The minimum absolute atomic E-state index is 0.150. The van der Waals surface area contributed by atoms with Gasteiger partial charge in [0.1, 0.15) is 0 Å². The number of imide groups is 1. The van der Waals surface area contributed by atoms with Crippen molar-refractivity contribution in [2.75, 3.05) is 4.59 Å². The number of aryl methyl sites for hydroxylation is 1. The van der Waals surface area contributed by atoms with E-state index in [0.29, 0.717) is 15.7 Å². The average Bonchev–Trinajstić information content (AvgIpc) is 2.71. The fourth-order valence-electron chi connectivity index (χ4n) is 2.13. The SMILES string of the molecule is Cc1ccc([Te]CN2C(=O)c3ccccc3C2=O)cc1. The van der Waals surface area contributed by atoms with Gasteiger partial charge in [-0.25, -0.2) is 0 Å². The van der Waals surface area contributed by atoms with Crippen LogP contribution >= 0.6 is 0 Å². The first-order valence-electron chi connectivity index (χ1n) is 6.31. The monoisotopic (exact) mass is 381 g/mol. The molecule has 0 bridgehead atoms. The summed E-state index contributed by atoms with van der Waals surface area (Å²) in [7, 11) is 0. The predicted octanol–water partition coefficient (Wildman–Crippen LogP) is 1.58. The van der Waals surface area contributed by atoms with Crippen LogP contribution in [0.4, 0.5) is 0 Å². The van der Waals surface area contributed by atoms with Gasteiger partial charge in [0.25, 0.3) is 0 Å². The molecule has 0 atom stereocenters. The molecule has 0 aliphatic carbocycles. The van der Waals surface area contributed by atoms with Crippen LogP contribution in [0.25, 0.3) is 0 Å². The van der Waals surface area contributed by atoms with Crippen LogP contribution in [0.15, 0.2) is 48.5 Å². The van der Waals surface area contributed by atoms with Crippen molar-refractivity contribution < 1.29 is 9.59 Å². The van der Waals surface area contributed by atoms with Gasteiger partial charge in [0.15, 0.2) is 0 Å². The zero-order chi connectivity index (χ0) is 14.1. The van der Waals surface area contributed by atoms with E-state index >= 15 is 0 Å². The van der Waals surface area contributed by atoms with Gasteiger partial charge in [-0.2, -0.15) is 0 Å². The van der Waals surface area contributed by atoms with E-state index in [9.17, 15) is 9.59 Å². The van der Waals surface area contributed by atoms with E-state index < -0.39 is 20.9 Å². The number of rotatable bonds is 3. The summed E-state index contributed by atoms with van der Waals surface area (Å²) in [4.78, 5) is 25.8. The van der Waals surface area contributed by atoms with Crippen molar-refractivity contribution in [3.8, 4) is 0 Å². The van der Waals surface area contributed by atoms with Crippen molar-refractivity contribution >= 4 is 36.3 Å². The summed E-state index contributed by atoms with van der Waals surface area (Å²) in [6.45, 7) is 2.05. The van der Waals surface area contributed by atoms with E-state index in [1.54, 1.807) is 24.3 Å². The molecule has 2 aromatic rings. The van der Waals surface area contributed by atoms with Crippen LogP contribution in [0.1, 0.15) is 26.3 Å². The third kappa shape index (κ3) is 2.37. The number of carbonyl (C=O) groups is 2. The molecular weight excluding hydrogens is 366 g/mol. The van der Waals surface area contributed by atoms with Crippen LogP contribution in [-0.4, -0.2) is 42.2 Å². The maximum atomic E-state index is 12.2. The Hall–Kier alpha value is -1.63. The molecule has 1 heterocycles. The fourth-order valence-corrected chi connectivity index (χ4v) is 4.53. The van der Waals surface area contributed by atoms with Gasteiger partial charge in [-0.3, -0.25) is 0 Å². The number of nitrogens with zero attached hydrogens (tertiary/aromatic N) is 1. The van der Waals surface area contributed by atoms with E-state index in [2.05, 4.69) is 31.2 Å². The fraction of sp³-hybridized carbons (Fsp3) is 0.125. The second-order valence-corrected chi connectivity index (χ2v) is 7.58. The van der Waals surface area contributed by atoms with E-state index in [1.165, 1.54) is 14.1 Å². The van der Waals surface area contributed by atoms with E-state index in [-0.39, 0.29) is 11.8 Å². The zero-order valence-corrected chi connectivity index (χ0v) is 13.3. The first-order valence-corrected chi connectivity index (χ1v) is 9.13. The zero-order valence-electron chi connectivity index (χ0n) is 11.0. The molecule has 0 aromatic heterocycles. The van der Waals surface area contributed by atoms with Gasteiger partial charge in [0.05, 0.1) is 0 Å². The molecule has 3 nitrogen and oxygen atoms in total. The number of hydrogen-bond donors (Lipinski definition) is 0. The third-order valence-electron chi connectivity index (χ3n) is 3.26. The van der Waals surface area contributed by atoms with Crippen molar-refractivity contribution in [1.82, 2.24) is 4.90 Å². The molecule has 20 heavy (non-hydrogen) atoms. The molecule has 3 rings (SSSR count). The molecule has 2 amide bonds. The van der Waals surface area contributed by atoms with Gasteiger partial charge in [-0.05, 0) is 0 Å². The quantitative estimate of drug-likeness (QED) is 0.600. The van der Waals surface area contributed by atoms with Crippen LogP contribution in [0.2, 0.25) is 0 Å². The molecule has 0 fully saturated rings. The van der Waals surface area contributed by atoms with Gasteiger partial charge < -0.3 is 0 Å². The molecule has 0 saturated carbocycles. The Balaban J connectivity index is 1.75. The first-order chi connectivity index (χ1) is 9.66. The number of amides is 2. The minimum atomic E-state index is -0.566. The molecule has 0 unspecified atom stereocenters. The van der Waals surface area contributed by atoms with Gasteiger partial charge in [0.2, 0.25) is 0 Å². The standard InChI is InChI=1S/C16H13NO2Te/c1-11-6-8-12(9-7-11)20-10-17-15(18)13-4-2-3-5-14(13)16(17)19/h2-9H,10H2,1H3. The maximum absolute atomic E-state index is 12.2. The summed E-state index contributed by atoms with van der Waals surface area (Å²) < 4.78 is 1.82. The second kappa shape index (κ2) is 5.40. The third-order valence-corrected chi connectivity index (χ3v) is 6.09. The Morgan fingerprint density at radius 3 is 2.00 bits per heavy atom. The van der Waals surface area contributed by atoms with Gasteiger partial charge in [-0.15, -0.1) is 0 Å². The molecule has 1 aliphatic heterocycles.